The average molecular weight is 469 g/mol. The van der Waals surface area contributed by atoms with Crippen molar-refractivity contribution in [3.8, 4) is 5.75 Å². The van der Waals surface area contributed by atoms with Gasteiger partial charge in [-0.3, -0.25) is 9.59 Å². The molecule has 2 saturated heterocycles. The third kappa shape index (κ3) is 3.62. The van der Waals surface area contributed by atoms with Crippen molar-refractivity contribution in [2.75, 3.05) is 24.5 Å². The topological polar surface area (TPSA) is 49.9 Å². The zero-order chi connectivity index (χ0) is 20.7. The van der Waals surface area contributed by atoms with Gasteiger partial charge in [0, 0.05) is 49.1 Å². The first kappa shape index (κ1) is 19.6. The highest BCUT2D eigenvalue weighted by atomic mass is 79.9. The Kier molecular flexibility index (Phi) is 5.05. The summed E-state index contributed by atoms with van der Waals surface area (Å²) in [6.07, 6.45) is 4.02. The second-order valence-electron chi connectivity index (χ2n) is 8.60. The van der Waals surface area contributed by atoms with Crippen molar-refractivity contribution >= 4 is 33.4 Å². The van der Waals surface area contributed by atoms with Crippen molar-refractivity contribution in [3.05, 3.63) is 58.6 Å². The number of fused-ring (bicyclic) bond motifs is 1. The van der Waals surface area contributed by atoms with Gasteiger partial charge in [0.1, 0.15) is 11.4 Å². The van der Waals surface area contributed by atoms with Crippen molar-refractivity contribution < 1.29 is 14.3 Å². The Labute approximate surface area is 185 Å². The Morgan fingerprint density at radius 2 is 1.87 bits per heavy atom. The molecule has 0 saturated carbocycles. The summed E-state index contributed by atoms with van der Waals surface area (Å²) in [5.41, 5.74) is 1.97. The lowest BCUT2D eigenvalue weighted by Gasteiger charge is -2.45. The molecule has 3 heterocycles. The number of rotatable bonds is 2. The fourth-order valence-electron chi connectivity index (χ4n) is 4.97. The van der Waals surface area contributed by atoms with E-state index in [2.05, 4.69) is 34.1 Å². The SMILES string of the molecule is O=C(C1CC(=O)N(c2cccc(Br)c2)C1)N1CCC2(CCc3ccccc3O2)CC1. The molecule has 5 rings (SSSR count). The fourth-order valence-corrected chi connectivity index (χ4v) is 5.36. The largest absolute Gasteiger partial charge is 0.487 e. The van der Waals surface area contributed by atoms with Gasteiger partial charge in [0.05, 0.1) is 5.92 Å². The predicted molar refractivity (Wildman–Crippen MR) is 119 cm³/mol. The molecular formula is C24H25BrN2O3. The maximum Gasteiger partial charge on any atom is 0.228 e. The van der Waals surface area contributed by atoms with Crippen molar-refractivity contribution in [2.45, 2.75) is 37.7 Å². The van der Waals surface area contributed by atoms with Gasteiger partial charge in [-0.05, 0) is 42.7 Å². The summed E-state index contributed by atoms with van der Waals surface area (Å²) in [7, 11) is 0. The van der Waals surface area contributed by atoms with E-state index in [1.54, 1.807) is 4.90 Å². The second kappa shape index (κ2) is 7.73. The van der Waals surface area contributed by atoms with Crippen LogP contribution in [0.5, 0.6) is 5.75 Å². The van der Waals surface area contributed by atoms with E-state index in [0.29, 0.717) is 19.6 Å². The van der Waals surface area contributed by atoms with Crippen LogP contribution in [0.25, 0.3) is 0 Å². The highest BCUT2D eigenvalue weighted by molar-refractivity contribution is 9.10. The van der Waals surface area contributed by atoms with E-state index in [4.69, 9.17) is 4.74 Å². The number of piperidine rings is 1. The van der Waals surface area contributed by atoms with Gasteiger partial charge in [0.2, 0.25) is 11.8 Å². The molecule has 0 aliphatic carbocycles. The number of aryl methyl sites for hydroxylation is 1. The van der Waals surface area contributed by atoms with Crippen LogP contribution in [0, 0.1) is 5.92 Å². The van der Waals surface area contributed by atoms with Crippen LogP contribution in [-0.2, 0) is 16.0 Å². The van der Waals surface area contributed by atoms with E-state index in [0.717, 1.165) is 41.6 Å². The molecule has 3 aliphatic rings. The second-order valence-corrected chi connectivity index (χ2v) is 9.52. The third-order valence-electron chi connectivity index (χ3n) is 6.73. The highest BCUT2D eigenvalue weighted by Gasteiger charge is 2.43. The van der Waals surface area contributed by atoms with Crippen molar-refractivity contribution in [1.29, 1.82) is 0 Å². The molecule has 2 aromatic carbocycles. The van der Waals surface area contributed by atoms with Crippen molar-refractivity contribution in [3.63, 3.8) is 0 Å². The summed E-state index contributed by atoms with van der Waals surface area (Å²) in [5.74, 6) is 0.854. The molecule has 2 aromatic rings. The van der Waals surface area contributed by atoms with Crippen LogP contribution < -0.4 is 9.64 Å². The van der Waals surface area contributed by atoms with Crippen LogP contribution >= 0.6 is 15.9 Å². The molecule has 3 aliphatic heterocycles. The van der Waals surface area contributed by atoms with Gasteiger partial charge < -0.3 is 14.5 Å². The minimum absolute atomic E-state index is 0.0205. The van der Waals surface area contributed by atoms with E-state index in [-0.39, 0.29) is 29.8 Å². The van der Waals surface area contributed by atoms with Gasteiger partial charge in [0.15, 0.2) is 0 Å². The fraction of sp³-hybridized carbons (Fsp3) is 0.417. The standard InChI is InChI=1S/C24H25BrN2O3/c25-19-5-3-6-20(15-19)27-16-18(14-22(27)28)23(29)26-12-10-24(11-13-26)9-8-17-4-1-2-7-21(17)30-24/h1-7,15,18H,8-14,16H2. The monoisotopic (exact) mass is 468 g/mol. The minimum Gasteiger partial charge on any atom is -0.487 e. The predicted octanol–water partition coefficient (Wildman–Crippen LogP) is 4.19. The lowest BCUT2D eigenvalue weighted by molar-refractivity contribution is -0.139. The van der Waals surface area contributed by atoms with Gasteiger partial charge in [0.25, 0.3) is 0 Å². The number of anilines is 1. The molecule has 30 heavy (non-hydrogen) atoms. The Morgan fingerprint density at radius 3 is 2.67 bits per heavy atom. The molecule has 0 N–H and O–H groups in total. The van der Waals surface area contributed by atoms with Gasteiger partial charge >= 0.3 is 0 Å². The van der Waals surface area contributed by atoms with Crippen LogP contribution in [0.2, 0.25) is 0 Å². The molecule has 5 nitrogen and oxygen atoms in total. The van der Waals surface area contributed by atoms with Crippen LogP contribution in [0.3, 0.4) is 0 Å². The number of nitrogens with zero attached hydrogens (tertiary/aromatic N) is 2. The molecule has 2 fully saturated rings. The first-order valence-corrected chi connectivity index (χ1v) is 11.4. The van der Waals surface area contributed by atoms with Crippen LogP contribution in [0.1, 0.15) is 31.2 Å². The van der Waals surface area contributed by atoms with E-state index in [1.807, 2.05) is 35.2 Å². The molecule has 1 unspecified atom stereocenters. The number of carbonyl (C=O) groups is 2. The third-order valence-corrected chi connectivity index (χ3v) is 7.22. The molecule has 1 spiro atoms. The van der Waals surface area contributed by atoms with Gasteiger partial charge in [-0.2, -0.15) is 0 Å². The quantitative estimate of drug-likeness (QED) is 0.663. The molecule has 0 bridgehead atoms. The molecule has 0 radical (unpaired) electrons. The minimum atomic E-state index is -0.265. The summed E-state index contributed by atoms with van der Waals surface area (Å²) in [5, 5.41) is 0. The van der Waals surface area contributed by atoms with Gasteiger partial charge in [-0.15, -0.1) is 0 Å². The summed E-state index contributed by atoms with van der Waals surface area (Å²) in [6.45, 7) is 1.85. The number of halogens is 1. The first-order valence-electron chi connectivity index (χ1n) is 10.6. The van der Waals surface area contributed by atoms with Gasteiger partial charge in [-0.1, -0.05) is 40.2 Å². The summed E-state index contributed by atoms with van der Waals surface area (Å²) in [6, 6.07) is 15.9. The molecule has 1 atom stereocenters. The first-order chi connectivity index (χ1) is 14.5. The zero-order valence-corrected chi connectivity index (χ0v) is 18.4. The number of benzene rings is 2. The summed E-state index contributed by atoms with van der Waals surface area (Å²) < 4.78 is 7.34. The number of hydrogen-bond donors (Lipinski definition) is 0. The molecule has 2 amide bonds. The number of ether oxygens (including phenoxy) is 1. The van der Waals surface area contributed by atoms with E-state index in [1.165, 1.54) is 5.56 Å². The summed E-state index contributed by atoms with van der Waals surface area (Å²) in [4.78, 5) is 29.4. The van der Waals surface area contributed by atoms with E-state index in [9.17, 15) is 9.59 Å². The van der Waals surface area contributed by atoms with Crippen molar-refractivity contribution in [1.82, 2.24) is 4.90 Å². The molecule has 6 heteroatoms. The number of amides is 2. The Bertz CT molecular complexity index is 984. The lowest BCUT2D eigenvalue weighted by atomic mass is 9.83. The maximum absolute atomic E-state index is 13.2. The van der Waals surface area contributed by atoms with Crippen LogP contribution in [0.15, 0.2) is 53.0 Å². The van der Waals surface area contributed by atoms with Gasteiger partial charge in [-0.25, -0.2) is 0 Å². The van der Waals surface area contributed by atoms with Crippen molar-refractivity contribution in [2.24, 2.45) is 5.92 Å². The smallest absolute Gasteiger partial charge is 0.228 e. The molecular weight excluding hydrogens is 444 g/mol. The zero-order valence-electron chi connectivity index (χ0n) is 16.9. The Balaban J connectivity index is 1.22. The summed E-state index contributed by atoms with van der Waals surface area (Å²) >= 11 is 3.46. The van der Waals surface area contributed by atoms with E-state index < -0.39 is 0 Å². The Hall–Kier alpha value is -2.34. The number of para-hydroxylation sites is 1. The number of hydrogen-bond acceptors (Lipinski definition) is 3. The molecule has 0 aromatic heterocycles. The number of likely N-dealkylation sites (tertiary alicyclic amines) is 1. The highest BCUT2D eigenvalue weighted by Crippen LogP contribution is 2.39. The maximum atomic E-state index is 13.2. The number of carbonyl (C=O) groups excluding carboxylic acids is 2. The van der Waals surface area contributed by atoms with Crippen LogP contribution in [0.4, 0.5) is 5.69 Å². The molecule has 156 valence electrons. The lowest BCUT2D eigenvalue weighted by Crippen LogP contribution is -2.52. The normalized spacial score (nSPS) is 22.7. The van der Waals surface area contributed by atoms with Crippen LogP contribution in [-0.4, -0.2) is 41.9 Å². The average Bonchev–Trinajstić information content (AvgIpc) is 3.15. The Morgan fingerprint density at radius 1 is 1.07 bits per heavy atom. The van der Waals surface area contributed by atoms with E-state index >= 15 is 0 Å².